The Morgan fingerprint density at radius 2 is 1.25 bits per heavy atom. The second kappa shape index (κ2) is 6.40. The van der Waals surface area contributed by atoms with E-state index in [-0.39, 0.29) is 5.79 Å². The van der Waals surface area contributed by atoms with Gasteiger partial charge in [-0.25, -0.2) is 0 Å². The van der Waals surface area contributed by atoms with Gasteiger partial charge in [-0.2, -0.15) is 0 Å². The van der Waals surface area contributed by atoms with Gasteiger partial charge in [0.1, 0.15) is 5.79 Å². The second-order valence-corrected chi connectivity index (χ2v) is 2.75. The summed E-state index contributed by atoms with van der Waals surface area (Å²) in [5, 5.41) is 10.1. The Morgan fingerprint density at radius 3 is 1.42 bits per heavy atom. The summed E-state index contributed by atoms with van der Waals surface area (Å²) in [6, 6.07) is 0. The topological polar surface area (TPSA) is 36.1 Å². The molecule has 0 atom stereocenters. The third-order valence-corrected chi connectivity index (χ3v) is 1.81. The molecule has 12 heavy (non-hydrogen) atoms. The average molecular weight is 172 g/mol. The molecule has 0 rings (SSSR count). The van der Waals surface area contributed by atoms with Crippen LogP contribution in [0.2, 0.25) is 0 Å². The van der Waals surface area contributed by atoms with Crippen LogP contribution in [-0.2, 0) is 0 Å². The van der Waals surface area contributed by atoms with Crippen molar-refractivity contribution in [1.29, 1.82) is 0 Å². The van der Waals surface area contributed by atoms with Gasteiger partial charge in [0.2, 0.25) is 0 Å². The predicted octanol–water partition coefficient (Wildman–Crippen LogP) is 0.693. The first-order chi connectivity index (χ1) is 5.74. The molecule has 0 aromatic rings. The molecule has 0 saturated heterocycles. The van der Waals surface area contributed by atoms with E-state index >= 15 is 0 Å². The van der Waals surface area contributed by atoms with E-state index in [0.29, 0.717) is 0 Å². The van der Waals surface area contributed by atoms with Gasteiger partial charge in [-0.3, -0.25) is 16.0 Å². The SMILES string of the molecule is [CH2]CC(NCC)(NCC)NCC. The maximum absolute atomic E-state index is 3.93. The van der Waals surface area contributed by atoms with Gasteiger partial charge >= 0.3 is 0 Å². The molecule has 3 nitrogen and oxygen atoms in total. The minimum Gasteiger partial charge on any atom is -0.287 e. The van der Waals surface area contributed by atoms with Crippen molar-refractivity contribution in [2.45, 2.75) is 33.0 Å². The molecule has 0 amide bonds. The maximum Gasteiger partial charge on any atom is 0.123 e. The quantitative estimate of drug-likeness (QED) is 0.495. The summed E-state index contributed by atoms with van der Waals surface area (Å²) in [5.41, 5.74) is 0. The van der Waals surface area contributed by atoms with Gasteiger partial charge in [0, 0.05) is 0 Å². The summed E-state index contributed by atoms with van der Waals surface area (Å²) < 4.78 is 0. The molecule has 1 radical (unpaired) electrons. The molecule has 0 spiro atoms. The van der Waals surface area contributed by atoms with Gasteiger partial charge in [0.25, 0.3) is 0 Å². The first kappa shape index (κ1) is 11.9. The molecule has 0 aliphatic carbocycles. The summed E-state index contributed by atoms with van der Waals surface area (Å²) in [7, 11) is 0. The van der Waals surface area contributed by atoms with Crippen LogP contribution in [0.15, 0.2) is 0 Å². The molecule has 0 aliphatic rings. The number of nitrogens with one attached hydrogen (secondary N) is 3. The fraction of sp³-hybridized carbons (Fsp3) is 0.889. The van der Waals surface area contributed by atoms with Gasteiger partial charge in [-0.15, -0.1) is 0 Å². The molecule has 0 aliphatic heterocycles. The lowest BCUT2D eigenvalue weighted by Crippen LogP contribution is -2.66. The largest absolute Gasteiger partial charge is 0.287 e. The van der Waals surface area contributed by atoms with E-state index in [1.807, 2.05) is 0 Å². The van der Waals surface area contributed by atoms with E-state index < -0.39 is 0 Å². The van der Waals surface area contributed by atoms with E-state index in [4.69, 9.17) is 0 Å². The van der Waals surface area contributed by atoms with Crippen molar-refractivity contribution in [3.05, 3.63) is 6.92 Å². The smallest absolute Gasteiger partial charge is 0.123 e. The van der Waals surface area contributed by atoms with Gasteiger partial charge in [-0.1, -0.05) is 20.8 Å². The van der Waals surface area contributed by atoms with Gasteiger partial charge in [-0.05, 0) is 33.0 Å². The zero-order valence-electron chi connectivity index (χ0n) is 8.54. The van der Waals surface area contributed by atoms with Crippen molar-refractivity contribution >= 4 is 0 Å². The number of rotatable bonds is 7. The second-order valence-electron chi connectivity index (χ2n) is 2.75. The minimum absolute atomic E-state index is 0.168. The van der Waals surface area contributed by atoms with Crippen LogP contribution in [-0.4, -0.2) is 25.4 Å². The number of hydrogen-bond donors (Lipinski definition) is 3. The fourth-order valence-corrected chi connectivity index (χ4v) is 1.36. The Hall–Kier alpha value is -0.120. The van der Waals surface area contributed by atoms with Crippen LogP contribution < -0.4 is 16.0 Å². The van der Waals surface area contributed by atoms with Crippen molar-refractivity contribution in [2.24, 2.45) is 0 Å². The molecule has 0 bridgehead atoms. The highest BCUT2D eigenvalue weighted by atomic mass is 15.3. The van der Waals surface area contributed by atoms with Gasteiger partial charge < -0.3 is 0 Å². The van der Waals surface area contributed by atoms with Crippen LogP contribution in [0.4, 0.5) is 0 Å². The zero-order chi connectivity index (χ0) is 9.45. The van der Waals surface area contributed by atoms with Crippen LogP contribution in [0.3, 0.4) is 0 Å². The highest BCUT2D eigenvalue weighted by Crippen LogP contribution is 1.99. The summed E-state index contributed by atoms with van der Waals surface area (Å²) in [5.74, 6) is -0.168. The minimum atomic E-state index is -0.168. The maximum atomic E-state index is 3.93. The number of hydrogen-bond acceptors (Lipinski definition) is 3. The van der Waals surface area contributed by atoms with Crippen molar-refractivity contribution in [3.63, 3.8) is 0 Å². The van der Waals surface area contributed by atoms with Crippen molar-refractivity contribution < 1.29 is 0 Å². The monoisotopic (exact) mass is 172 g/mol. The Balaban J connectivity index is 4.06. The average Bonchev–Trinajstić information content (AvgIpc) is 2.06. The van der Waals surface area contributed by atoms with Crippen LogP contribution in [0, 0.1) is 6.92 Å². The van der Waals surface area contributed by atoms with Crippen molar-refractivity contribution in [1.82, 2.24) is 16.0 Å². The fourth-order valence-electron chi connectivity index (χ4n) is 1.36. The molecular weight excluding hydrogens is 150 g/mol. The molecule has 0 aromatic carbocycles. The summed E-state index contributed by atoms with van der Waals surface area (Å²) in [4.78, 5) is 0. The lowest BCUT2D eigenvalue weighted by molar-refractivity contribution is 0.210. The molecule has 0 saturated carbocycles. The van der Waals surface area contributed by atoms with Crippen molar-refractivity contribution in [2.75, 3.05) is 19.6 Å². The van der Waals surface area contributed by atoms with E-state index in [2.05, 4.69) is 43.6 Å². The summed E-state index contributed by atoms with van der Waals surface area (Å²) >= 11 is 0. The molecule has 73 valence electrons. The molecule has 0 unspecified atom stereocenters. The molecule has 0 heterocycles. The Kier molecular flexibility index (Phi) is 6.34. The molecular formula is C9H22N3. The molecule has 3 heteroatoms. The standard InChI is InChI=1S/C9H22N3/c1-5-9(10-6-2,11-7-3)12-8-4/h10-12H,1,5-8H2,2-4H3. The van der Waals surface area contributed by atoms with E-state index in [0.717, 1.165) is 26.1 Å². The third kappa shape index (κ3) is 3.52. The first-order valence-corrected chi connectivity index (χ1v) is 4.79. The lowest BCUT2D eigenvalue weighted by atomic mass is 10.2. The van der Waals surface area contributed by atoms with Crippen LogP contribution in [0.5, 0.6) is 0 Å². The Bertz CT molecular complexity index is 86.9. The lowest BCUT2D eigenvalue weighted by Gasteiger charge is -2.35. The predicted molar refractivity (Wildman–Crippen MR) is 53.7 cm³/mol. The summed E-state index contributed by atoms with van der Waals surface area (Å²) in [6.45, 7) is 13.0. The first-order valence-electron chi connectivity index (χ1n) is 4.79. The third-order valence-electron chi connectivity index (χ3n) is 1.81. The van der Waals surface area contributed by atoms with Crippen molar-refractivity contribution in [3.8, 4) is 0 Å². The van der Waals surface area contributed by atoms with Crippen LogP contribution in [0.1, 0.15) is 27.2 Å². The molecule has 0 fully saturated rings. The normalized spacial score (nSPS) is 12.0. The van der Waals surface area contributed by atoms with E-state index in [1.165, 1.54) is 0 Å². The zero-order valence-corrected chi connectivity index (χ0v) is 8.54. The summed E-state index contributed by atoms with van der Waals surface area (Å²) in [6.07, 6.45) is 0.794. The molecule has 3 N–H and O–H groups in total. The van der Waals surface area contributed by atoms with Crippen LogP contribution >= 0.6 is 0 Å². The Morgan fingerprint density at radius 1 is 0.917 bits per heavy atom. The van der Waals surface area contributed by atoms with Gasteiger partial charge in [0.15, 0.2) is 0 Å². The molecule has 0 aromatic heterocycles. The van der Waals surface area contributed by atoms with E-state index in [9.17, 15) is 0 Å². The van der Waals surface area contributed by atoms with E-state index in [1.54, 1.807) is 0 Å². The Labute approximate surface area is 76.3 Å². The van der Waals surface area contributed by atoms with Crippen LogP contribution in [0.25, 0.3) is 0 Å². The highest BCUT2D eigenvalue weighted by Gasteiger charge is 2.23. The highest BCUT2D eigenvalue weighted by molar-refractivity contribution is 4.82. The van der Waals surface area contributed by atoms with Gasteiger partial charge in [0.05, 0.1) is 0 Å².